The Kier molecular flexibility index (Phi) is 5.10. The first-order valence-corrected chi connectivity index (χ1v) is 6.01. The van der Waals surface area contributed by atoms with Gasteiger partial charge in [-0.25, -0.2) is 0 Å². The van der Waals surface area contributed by atoms with E-state index in [1.807, 2.05) is 6.92 Å². The number of carbonyl (C=O) groups excluding carboxylic acids is 1. The minimum Gasteiger partial charge on any atom is -0.507 e. The molecule has 0 saturated heterocycles. The van der Waals surface area contributed by atoms with Crippen LogP contribution in [0.1, 0.15) is 23.7 Å². The van der Waals surface area contributed by atoms with E-state index in [-0.39, 0.29) is 23.0 Å². The molecule has 0 fully saturated rings. The maximum atomic E-state index is 12.1. The van der Waals surface area contributed by atoms with E-state index in [1.54, 1.807) is 0 Å². The van der Waals surface area contributed by atoms with Crippen LogP contribution in [-0.2, 0) is 0 Å². The summed E-state index contributed by atoms with van der Waals surface area (Å²) < 4.78 is 0. The molecule has 1 aromatic carbocycles. The highest BCUT2D eigenvalue weighted by molar-refractivity contribution is 6.17. The number of phenols is 2. The van der Waals surface area contributed by atoms with Gasteiger partial charge in [0.2, 0.25) is 0 Å². The van der Waals surface area contributed by atoms with Gasteiger partial charge < -0.3 is 15.1 Å². The number of hydrogen-bond donors (Lipinski definition) is 2. The molecule has 0 heterocycles. The first-order chi connectivity index (χ1) is 8.11. The van der Waals surface area contributed by atoms with Crippen LogP contribution < -0.4 is 0 Å². The minimum atomic E-state index is -0.381. The van der Waals surface area contributed by atoms with Crippen LogP contribution in [0.4, 0.5) is 0 Å². The zero-order chi connectivity index (χ0) is 12.8. The van der Waals surface area contributed by atoms with Gasteiger partial charge in [-0.05, 0) is 25.5 Å². The lowest BCUT2D eigenvalue weighted by Crippen LogP contribution is -2.32. The largest absolute Gasteiger partial charge is 0.507 e. The second-order valence-electron chi connectivity index (χ2n) is 3.60. The van der Waals surface area contributed by atoms with Crippen molar-refractivity contribution in [2.24, 2.45) is 0 Å². The van der Waals surface area contributed by atoms with Crippen LogP contribution in [0.3, 0.4) is 0 Å². The van der Waals surface area contributed by atoms with Gasteiger partial charge in [0.25, 0.3) is 5.91 Å². The van der Waals surface area contributed by atoms with Crippen molar-refractivity contribution in [2.75, 3.05) is 19.0 Å². The van der Waals surface area contributed by atoms with Crippen molar-refractivity contribution in [1.29, 1.82) is 0 Å². The molecule has 2 N–H and O–H groups in total. The third-order valence-corrected chi connectivity index (χ3v) is 2.73. The Morgan fingerprint density at radius 3 is 2.41 bits per heavy atom. The first kappa shape index (κ1) is 13.6. The number of amides is 1. The molecular formula is C12H16ClNO3. The van der Waals surface area contributed by atoms with E-state index in [0.29, 0.717) is 25.4 Å². The van der Waals surface area contributed by atoms with Crippen LogP contribution in [0.2, 0.25) is 0 Å². The van der Waals surface area contributed by atoms with Gasteiger partial charge in [0.1, 0.15) is 17.1 Å². The van der Waals surface area contributed by atoms with Gasteiger partial charge in [-0.15, -0.1) is 11.6 Å². The Balaban J connectivity index is 2.93. The molecule has 0 spiro atoms. The Hall–Kier alpha value is -1.42. The van der Waals surface area contributed by atoms with Crippen molar-refractivity contribution in [3.63, 3.8) is 0 Å². The second kappa shape index (κ2) is 6.35. The molecule has 94 valence electrons. The third-order valence-electron chi connectivity index (χ3n) is 2.46. The van der Waals surface area contributed by atoms with E-state index in [9.17, 15) is 15.0 Å². The van der Waals surface area contributed by atoms with Crippen LogP contribution >= 0.6 is 11.6 Å². The Labute approximate surface area is 105 Å². The van der Waals surface area contributed by atoms with E-state index in [1.165, 1.54) is 23.1 Å². The number of aromatic hydroxyl groups is 2. The van der Waals surface area contributed by atoms with Crippen molar-refractivity contribution in [3.8, 4) is 11.5 Å². The zero-order valence-corrected chi connectivity index (χ0v) is 10.4. The third kappa shape index (κ3) is 3.27. The molecule has 4 nitrogen and oxygen atoms in total. The normalized spacial score (nSPS) is 10.2. The van der Waals surface area contributed by atoms with Crippen LogP contribution in [0.5, 0.6) is 11.5 Å². The topological polar surface area (TPSA) is 60.8 Å². The zero-order valence-electron chi connectivity index (χ0n) is 9.69. The number of hydrogen-bond acceptors (Lipinski definition) is 3. The van der Waals surface area contributed by atoms with Crippen LogP contribution in [0.15, 0.2) is 18.2 Å². The number of phenolic OH excluding ortho intramolecular Hbond substituents is 2. The lowest BCUT2D eigenvalue weighted by atomic mass is 10.1. The highest BCUT2D eigenvalue weighted by atomic mass is 35.5. The molecule has 1 aromatic rings. The molecule has 0 saturated carbocycles. The molecule has 17 heavy (non-hydrogen) atoms. The van der Waals surface area contributed by atoms with E-state index in [4.69, 9.17) is 11.6 Å². The minimum absolute atomic E-state index is 0.0519. The molecule has 0 unspecified atom stereocenters. The number of rotatable bonds is 5. The average molecular weight is 258 g/mol. The quantitative estimate of drug-likeness (QED) is 0.795. The summed E-state index contributed by atoms with van der Waals surface area (Å²) in [7, 11) is 0. The van der Waals surface area contributed by atoms with E-state index < -0.39 is 0 Å². The number of nitrogens with zero attached hydrogens (tertiary/aromatic N) is 1. The summed E-state index contributed by atoms with van der Waals surface area (Å²) in [6.07, 6.45) is 0.676. The standard InChI is InChI=1S/C12H16ClNO3/c1-2-14(8-4-7-13)12(17)11-9(15)5-3-6-10(11)16/h3,5-6,15-16H,2,4,7-8H2,1H3. The van der Waals surface area contributed by atoms with Gasteiger partial charge in [-0.3, -0.25) is 4.79 Å². The van der Waals surface area contributed by atoms with E-state index in [0.717, 1.165) is 0 Å². The second-order valence-corrected chi connectivity index (χ2v) is 3.98. The fourth-order valence-electron chi connectivity index (χ4n) is 1.56. The lowest BCUT2D eigenvalue weighted by molar-refractivity contribution is 0.0758. The molecule has 0 atom stereocenters. The van der Waals surface area contributed by atoms with Gasteiger partial charge in [-0.1, -0.05) is 6.07 Å². The summed E-state index contributed by atoms with van der Waals surface area (Å²) in [6.45, 7) is 2.85. The van der Waals surface area contributed by atoms with Crippen molar-refractivity contribution in [2.45, 2.75) is 13.3 Å². The molecule has 1 amide bonds. The molecule has 0 aliphatic carbocycles. The SMILES string of the molecule is CCN(CCCCl)C(=O)c1c(O)cccc1O. The molecule has 0 aliphatic heterocycles. The molecular weight excluding hydrogens is 242 g/mol. The Morgan fingerprint density at radius 1 is 1.35 bits per heavy atom. The molecule has 5 heteroatoms. The van der Waals surface area contributed by atoms with Gasteiger partial charge in [-0.2, -0.15) is 0 Å². The number of benzene rings is 1. The summed E-state index contributed by atoms with van der Waals surface area (Å²) in [5.74, 6) is -0.330. The summed E-state index contributed by atoms with van der Waals surface area (Å²) in [5.41, 5.74) is -0.0519. The first-order valence-electron chi connectivity index (χ1n) is 5.48. The van der Waals surface area contributed by atoms with Crippen LogP contribution in [-0.4, -0.2) is 40.0 Å². The van der Waals surface area contributed by atoms with Gasteiger partial charge >= 0.3 is 0 Å². The number of halogens is 1. The highest BCUT2D eigenvalue weighted by Gasteiger charge is 2.20. The Bertz CT molecular complexity index is 375. The van der Waals surface area contributed by atoms with Gasteiger partial charge in [0, 0.05) is 19.0 Å². The maximum Gasteiger partial charge on any atom is 0.261 e. The summed E-state index contributed by atoms with van der Waals surface area (Å²) in [5, 5.41) is 19.2. The maximum absolute atomic E-state index is 12.1. The molecule has 1 rings (SSSR count). The fraction of sp³-hybridized carbons (Fsp3) is 0.417. The highest BCUT2D eigenvalue weighted by Crippen LogP contribution is 2.27. The number of carbonyl (C=O) groups is 1. The predicted octanol–water partition coefficient (Wildman–Crippen LogP) is 2.19. The fourth-order valence-corrected chi connectivity index (χ4v) is 1.68. The lowest BCUT2D eigenvalue weighted by Gasteiger charge is -2.21. The smallest absolute Gasteiger partial charge is 0.261 e. The van der Waals surface area contributed by atoms with Gasteiger partial charge in [0.15, 0.2) is 0 Å². The monoisotopic (exact) mass is 257 g/mol. The molecule has 0 radical (unpaired) electrons. The van der Waals surface area contributed by atoms with Crippen molar-refractivity contribution < 1.29 is 15.0 Å². The molecule has 0 bridgehead atoms. The number of alkyl halides is 1. The molecule has 0 aliphatic rings. The van der Waals surface area contributed by atoms with Crippen molar-refractivity contribution in [1.82, 2.24) is 4.90 Å². The van der Waals surface area contributed by atoms with Crippen LogP contribution in [0.25, 0.3) is 0 Å². The van der Waals surface area contributed by atoms with Crippen molar-refractivity contribution >= 4 is 17.5 Å². The van der Waals surface area contributed by atoms with Crippen LogP contribution in [0, 0.1) is 0 Å². The van der Waals surface area contributed by atoms with Crippen molar-refractivity contribution in [3.05, 3.63) is 23.8 Å². The van der Waals surface area contributed by atoms with Gasteiger partial charge in [0.05, 0.1) is 0 Å². The summed E-state index contributed by atoms with van der Waals surface area (Å²) in [4.78, 5) is 13.6. The molecule has 0 aromatic heterocycles. The summed E-state index contributed by atoms with van der Waals surface area (Å²) >= 11 is 5.58. The Morgan fingerprint density at radius 2 is 1.94 bits per heavy atom. The predicted molar refractivity (Wildman–Crippen MR) is 66.7 cm³/mol. The van der Waals surface area contributed by atoms with E-state index >= 15 is 0 Å². The average Bonchev–Trinajstić information content (AvgIpc) is 2.30. The van der Waals surface area contributed by atoms with E-state index in [2.05, 4.69) is 0 Å². The summed E-state index contributed by atoms with van der Waals surface area (Å²) in [6, 6.07) is 4.24.